The summed E-state index contributed by atoms with van der Waals surface area (Å²) in [7, 11) is 1.23. The number of H-pyrrole nitrogens is 1. The van der Waals surface area contributed by atoms with Crippen molar-refractivity contribution in [3.05, 3.63) is 27.7 Å². The lowest BCUT2D eigenvalue weighted by Gasteiger charge is -2.09. The number of esters is 1. The van der Waals surface area contributed by atoms with Gasteiger partial charge in [-0.25, -0.2) is 8.78 Å². The minimum atomic E-state index is -2.82. The molecule has 0 radical (unpaired) electrons. The number of rotatable bonds is 5. The van der Waals surface area contributed by atoms with Crippen molar-refractivity contribution in [3.8, 4) is 5.75 Å². The van der Waals surface area contributed by atoms with Crippen molar-refractivity contribution in [1.29, 1.82) is 0 Å². The summed E-state index contributed by atoms with van der Waals surface area (Å²) in [5.74, 6) is -0.673. The summed E-state index contributed by atoms with van der Waals surface area (Å²) in [6.07, 6.45) is -3.14. The SMILES string of the molecule is CCOC(=O)Cc1c(OC)cc(C(F)F)[nH]c1=O. The highest BCUT2D eigenvalue weighted by molar-refractivity contribution is 5.73. The van der Waals surface area contributed by atoms with Crippen LogP contribution in [0, 0.1) is 0 Å². The minimum absolute atomic E-state index is 0.0275. The van der Waals surface area contributed by atoms with Crippen LogP contribution in [-0.2, 0) is 16.0 Å². The van der Waals surface area contributed by atoms with Gasteiger partial charge in [-0.2, -0.15) is 0 Å². The Balaban J connectivity index is 3.11. The van der Waals surface area contributed by atoms with Gasteiger partial charge in [-0.3, -0.25) is 9.59 Å². The van der Waals surface area contributed by atoms with Crippen LogP contribution in [0.25, 0.3) is 0 Å². The van der Waals surface area contributed by atoms with Gasteiger partial charge in [0.15, 0.2) is 0 Å². The van der Waals surface area contributed by atoms with E-state index >= 15 is 0 Å². The molecule has 1 aromatic heterocycles. The molecular weight excluding hydrogens is 248 g/mol. The van der Waals surface area contributed by atoms with Crippen molar-refractivity contribution in [2.75, 3.05) is 13.7 Å². The first-order valence-corrected chi connectivity index (χ1v) is 5.23. The zero-order valence-electron chi connectivity index (χ0n) is 9.96. The maximum atomic E-state index is 12.5. The Morgan fingerprint density at radius 1 is 1.50 bits per heavy atom. The smallest absolute Gasteiger partial charge is 0.310 e. The van der Waals surface area contributed by atoms with Gasteiger partial charge in [0.25, 0.3) is 12.0 Å². The fraction of sp³-hybridized carbons (Fsp3) is 0.455. The van der Waals surface area contributed by atoms with E-state index in [0.29, 0.717) is 0 Å². The van der Waals surface area contributed by atoms with Crippen LogP contribution in [0.4, 0.5) is 8.78 Å². The van der Waals surface area contributed by atoms with Crippen LogP contribution in [0.5, 0.6) is 5.75 Å². The molecule has 0 aliphatic carbocycles. The lowest BCUT2D eigenvalue weighted by Crippen LogP contribution is -2.20. The van der Waals surface area contributed by atoms with Crippen LogP contribution in [-0.4, -0.2) is 24.7 Å². The van der Waals surface area contributed by atoms with Crippen molar-refractivity contribution >= 4 is 5.97 Å². The van der Waals surface area contributed by atoms with Crippen LogP contribution < -0.4 is 10.3 Å². The number of alkyl halides is 2. The van der Waals surface area contributed by atoms with Crippen LogP contribution in [0.2, 0.25) is 0 Å². The summed E-state index contributed by atoms with van der Waals surface area (Å²) >= 11 is 0. The number of aromatic amines is 1. The van der Waals surface area contributed by atoms with Crippen molar-refractivity contribution in [1.82, 2.24) is 4.98 Å². The molecule has 0 atom stereocenters. The fourth-order valence-corrected chi connectivity index (χ4v) is 1.41. The molecule has 0 aliphatic rings. The Kier molecular flexibility index (Phi) is 4.82. The van der Waals surface area contributed by atoms with Crippen molar-refractivity contribution in [2.45, 2.75) is 19.8 Å². The Labute approximate surface area is 102 Å². The number of aromatic nitrogens is 1. The first kappa shape index (κ1) is 14.1. The molecule has 1 aromatic rings. The van der Waals surface area contributed by atoms with E-state index in [0.717, 1.165) is 6.07 Å². The zero-order valence-corrected chi connectivity index (χ0v) is 9.96. The molecule has 7 heteroatoms. The normalized spacial score (nSPS) is 10.5. The predicted octanol–water partition coefficient (Wildman–Crippen LogP) is 1.43. The molecule has 0 saturated heterocycles. The highest BCUT2D eigenvalue weighted by Gasteiger charge is 2.18. The number of methoxy groups -OCH3 is 1. The molecule has 1 heterocycles. The number of carbonyl (C=O) groups excluding carboxylic acids is 1. The Morgan fingerprint density at radius 2 is 2.17 bits per heavy atom. The number of nitrogens with one attached hydrogen (secondary N) is 1. The van der Waals surface area contributed by atoms with Gasteiger partial charge < -0.3 is 14.5 Å². The van der Waals surface area contributed by atoms with Gasteiger partial charge in [0.1, 0.15) is 5.75 Å². The lowest BCUT2D eigenvalue weighted by molar-refractivity contribution is -0.142. The average Bonchev–Trinajstić information content (AvgIpc) is 2.31. The molecule has 0 aliphatic heterocycles. The fourth-order valence-electron chi connectivity index (χ4n) is 1.41. The molecule has 100 valence electrons. The van der Waals surface area contributed by atoms with E-state index < -0.39 is 23.6 Å². The maximum absolute atomic E-state index is 12.5. The van der Waals surface area contributed by atoms with Gasteiger partial charge in [0.05, 0.1) is 31.4 Å². The van der Waals surface area contributed by atoms with E-state index in [1.54, 1.807) is 6.92 Å². The van der Waals surface area contributed by atoms with Crippen molar-refractivity contribution < 1.29 is 23.0 Å². The number of hydrogen-bond donors (Lipinski definition) is 1. The second kappa shape index (κ2) is 6.13. The molecule has 5 nitrogen and oxygen atoms in total. The summed E-state index contributed by atoms with van der Waals surface area (Å²) in [6, 6.07) is 1.00. The predicted molar refractivity (Wildman–Crippen MR) is 58.9 cm³/mol. The molecule has 0 unspecified atom stereocenters. The summed E-state index contributed by atoms with van der Waals surface area (Å²) < 4.78 is 34.4. The minimum Gasteiger partial charge on any atom is -0.496 e. The summed E-state index contributed by atoms with van der Waals surface area (Å²) in [5.41, 5.74) is -1.36. The van der Waals surface area contributed by atoms with Crippen LogP contribution in [0.15, 0.2) is 10.9 Å². The number of carbonyl (C=O) groups is 1. The summed E-state index contributed by atoms with van der Waals surface area (Å²) in [6.45, 7) is 1.80. The van der Waals surface area contributed by atoms with Crippen molar-refractivity contribution in [3.63, 3.8) is 0 Å². The van der Waals surface area contributed by atoms with Crippen LogP contribution in [0.3, 0.4) is 0 Å². The van der Waals surface area contributed by atoms with E-state index in [2.05, 4.69) is 4.74 Å². The largest absolute Gasteiger partial charge is 0.496 e. The molecule has 0 fully saturated rings. The van der Waals surface area contributed by atoms with E-state index in [1.165, 1.54) is 7.11 Å². The Hall–Kier alpha value is -1.92. The first-order valence-electron chi connectivity index (χ1n) is 5.23. The summed E-state index contributed by atoms with van der Waals surface area (Å²) in [5, 5.41) is 0. The average molecular weight is 261 g/mol. The topological polar surface area (TPSA) is 68.4 Å². The second-order valence-corrected chi connectivity index (χ2v) is 3.38. The highest BCUT2D eigenvalue weighted by atomic mass is 19.3. The quantitative estimate of drug-likeness (QED) is 0.814. The van der Waals surface area contributed by atoms with E-state index in [4.69, 9.17) is 4.74 Å². The molecule has 1 N–H and O–H groups in total. The highest BCUT2D eigenvalue weighted by Crippen LogP contribution is 2.22. The first-order chi connectivity index (χ1) is 8.49. The molecule has 0 bridgehead atoms. The van der Waals surface area contributed by atoms with Crippen LogP contribution in [0.1, 0.15) is 24.6 Å². The van der Waals surface area contributed by atoms with Gasteiger partial charge in [-0.1, -0.05) is 0 Å². The van der Waals surface area contributed by atoms with Gasteiger partial charge >= 0.3 is 5.97 Å². The molecule has 0 amide bonds. The molecule has 1 rings (SSSR count). The number of ether oxygens (including phenoxy) is 2. The van der Waals surface area contributed by atoms with E-state index in [-0.39, 0.29) is 24.3 Å². The molecule has 0 spiro atoms. The van der Waals surface area contributed by atoms with Gasteiger partial charge in [0, 0.05) is 6.07 Å². The van der Waals surface area contributed by atoms with Gasteiger partial charge in [0.2, 0.25) is 0 Å². The molecule has 0 saturated carbocycles. The van der Waals surface area contributed by atoms with Gasteiger partial charge in [-0.05, 0) is 6.92 Å². The lowest BCUT2D eigenvalue weighted by atomic mass is 10.1. The number of pyridine rings is 1. The second-order valence-electron chi connectivity index (χ2n) is 3.38. The molecular formula is C11H13F2NO4. The Morgan fingerprint density at radius 3 is 2.67 bits per heavy atom. The number of hydrogen-bond acceptors (Lipinski definition) is 4. The summed E-state index contributed by atoms with van der Waals surface area (Å²) in [4.78, 5) is 24.9. The van der Waals surface area contributed by atoms with Crippen molar-refractivity contribution in [2.24, 2.45) is 0 Å². The van der Waals surface area contributed by atoms with Gasteiger partial charge in [-0.15, -0.1) is 0 Å². The molecule has 0 aromatic carbocycles. The zero-order chi connectivity index (χ0) is 13.7. The standard InChI is InChI=1S/C11H13F2NO4/c1-3-18-9(15)4-6-8(17-2)5-7(10(12)13)14-11(6)16/h5,10H,3-4H2,1-2H3,(H,14,16). The molecule has 18 heavy (non-hydrogen) atoms. The monoisotopic (exact) mass is 261 g/mol. The number of halogens is 2. The van der Waals surface area contributed by atoms with E-state index in [1.807, 2.05) is 4.98 Å². The van der Waals surface area contributed by atoms with Crippen LogP contribution >= 0.6 is 0 Å². The third-order valence-corrected chi connectivity index (χ3v) is 2.20. The third-order valence-electron chi connectivity index (χ3n) is 2.20. The maximum Gasteiger partial charge on any atom is 0.310 e. The van der Waals surface area contributed by atoms with E-state index in [9.17, 15) is 18.4 Å². The third kappa shape index (κ3) is 3.28. The Bertz CT molecular complexity index is 484.